The molecule has 0 heterocycles. The summed E-state index contributed by atoms with van der Waals surface area (Å²) in [6.45, 7) is 4.20. The Hall–Kier alpha value is -2.12. The third-order valence-corrected chi connectivity index (χ3v) is 3.70. The van der Waals surface area contributed by atoms with Crippen LogP contribution in [-0.2, 0) is 6.61 Å². The molecule has 2 aromatic carbocycles. The van der Waals surface area contributed by atoms with Crippen molar-refractivity contribution in [2.24, 2.45) is 0 Å². The van der Waals surface area contributed by atoms with E-state index in [0.717, 1.165) is 27.4 Å². The molecule has 3 nitrogen and oxygen atoms in total. The summed E-state index contributed by atoms with van der Waals surface area (Å²) in [5, 5.41) is 8.87. The van der Waals surface area contributed by atoms with Crippen LogP contribution in [0.5, 0.6) is 5.75 Å². The molecule has 21 heavy (non-hydrogen) atoms. The zero-order valence-electron chi connectivity index (χ0n) is 11.8. The van der Waals surface area contributed by atoms with E-state index in [1.54, 1.807) is 12.1 Å². The van der Waals surface area contributed by atoms with Crippen LogP contribution in [0.3, 0.4) is 0 Å². The minimum Gasteiger partial charge on any atom is -0.488 e. The molecular weight excluding hydrogens is 330 g/mol. The molecule has 0 fully saturated rings. The maximum absolute atomic E-state index is 11.2. The van der Waals surface area contributed by atoms with Crippen molar-refractivity contribution in [3.63, 3.8) is 0 Å². The van der Waals surface area contributed by atoms with Crippen molar-refractivity contribution in [3.05, 3.63) is 62.6 Å². The molecule has 0 N–H and O–H groups in total. The van der Waals surface area contributed by atoms with E-state index in [9.17, 15) is 4.79 Å². The lowest BCUT2D eigenvalue weighted by Gasteiger charge is -2.13. The molecule has 4 heteroatoms. The predicted molar refractivity (Wildman–Crippen MR) is 84.5 cm³/mol. The fourth-order valence-electron chi connectivity index (χ4n) is 2.12. The molecule has 0 unspecified atom stereocenters. The molecule has 0 aliphatic carbocycles. The Balaban J connectivity index is 2.25. The number of carbonyl (C=O) groups is 1. The van der Waals surface area contributed by atoms with Crippen molar-refractivity contribution < 1.29 is 9.53 Å². The minimum atomic E-state index is 0.362. The number of rotatable bonds is 4. The van der Waals surface area contributed by atoms with Crippen LogP contribution in [0.1, 0.15) is 32.6 Å². The molecule has 0 atom stereocenters. The van der Waals surface area contributed by atoms with Crippen molar-refractivity contribution in [3.8, 4) is 11.8 Å². The Morgan fingerprint density at radius 1 is 1.24 bits per heavy atom. The number of aryl methyl sites for hydroxylation is 2. The number of aldehydes is 1. The first kappa shape index (κ1) is 15.3. The standard InChI is InChI=1S/C17H14BrNO2/c1-11-5-13(8-19)3-4-14(11)10-21-17-12(2)6-16(18)7-15(17)9-20/h3-7,9H,10H2,1-2H3. The lowest BCUT2D eigenvalue weighted by Crippen LogP contribution is -2.02. The van der Waals surface area contributed by atoms with E-state index in [1.165, 1.54) is 0 Å². The van der Waals surface area contributed by atoms with E-state index in [0.29, 0.717) is 23.5 Å². The van der Waals surface area contributed by atoms with Crippen molar-refractivity contribution in [2.45, 2.75) is 20.5 Å². The lowest BCUT2D eigenvalue weighted by molar-refractivity contribution is 0.111. The van der Waals surface area contributed by atoms with Gasteiger partial charge in [0.15, 0.2) is 6.29 Å². The summed E-state index contributed by atoms with van der Waals surface area (Å²) in [5.74, 6) is 0.594. The smallest absolute Gasteiger partial charge is 0.153 e. The van der Waals surface area contributed by atoms with Gasteiger partial charge in [0, 0.05) is 4.47 Å². The van der Waals surface area contributed by atoms with E-state index >= 15 is 0 Å². The maximum Gasteiger partial charge on any atom is 0.153 e. The van der Waals surface area contributed by atoms with Gasteiger partial charge >= 0.3 is 0 Å². The Morgan fingerprint density at radius 2 is 2.00 bits per heavy atom. The average molecular weight is 344 g/mol. The minimum absolute atomic E-state index is 0.362. The number of carbonyl (C=O) groups excluding carboxylic acids is 1. The second kappa shape index (κ2) is 6.55. The van der Waals surface area contributed by atoms with Gasteiger partial charge in [-0.25, -0.2) is 0 Å². The van der Waals surface area contributed by atoms with Crippen LogP contribution >= 0.6 is 15.9 Å². The summed E-state index contributed by atoms with van der Waals surface area (Å²) in [7, 11) is 0. The number of ether oxygens (including phenoxy) is 1. The Kier molecular flexibility index (Phi) is 4.77. The lowest BCUT2D eigenvalue weighted by atomic mass is 10.1. The zero-order chi connectivity index (χ0) is 15.4. The first-order valence-electron chi connectivity index (χ1n) is 6.43. The quantitative estimate of drug-likeness (QED) is 0.776. The van der Waals surface area contributed by atoms with E-state index in [2.05, 4.69) is 22.0 Å². The van der Waals surface area contributed by atoms with Crippen molar-refractivity contribution in [1.29, 1.82) is 5.26 Å². The highest BCUT2D eigenvalue weighted by Crippen LogP contribution is 2.28. The molecule has 0 saturated carbocycles. The summed E-state index contributed by atoms with van der Waals surface area (Å²) in [4.78, 5) is 11.2. The van der Waals surface area contributed by atoms with Gasteiger partial charge in [-0.1, -0.05) is 22.0 Å². The molecule has 0 spiro atoms. The molecule has 0 aliphatic heterocycles. The SMILES string of the molecule is Cc1cc(C#N)ccc1COc1c(C)cc(Br)cc1C=O. The normalized spacial score (nSPS) is 10.0. The molecular formula is C17H14BrNO2. The number of halogens is 1. The number of hydrogen-bond acceptors (Lipinski definition) is 3. The first-order valence-corrected chi connectivity index (χ1v) is 7.22. The van der Waals surface area contributed by atoms with E-state index in [-0.39, 0.29) is 0 Å². The fraction of sp³-hybridized carbons (Fsp3) is 0.176. The molecule has 2 rings (SSSR count). The van der Waals surface area contributed by atoms with Crippen molar-refractivity contribution in [1.82, 2.24) is 0 Å². The average Bonchev–Trinajstić information content (AvgIpc) is 2.46. The van der Waals surface area contributed by atoms with Gasteiger partial charge in [-0.05, 0) is 54.8 Å². The Labute approximate surface area is 132 Å². The monoisotopic (exact) mass is 343 g/mol. The molecule has 0 bridgehead atoms. The first-order chi connectivity index (χ1) is 10.0. The molecule has 0 saturated heterocycles. The van der Waals surface area contributed by atoms with Crippen LogP contribution in [0.25, 0.3) is 0 Å². The maximum atomic E-state index is 11.2. The topological polar surface area (TPSA) is 50.1 Å². The summed E-state index contributed by atoms with van der Waals surface area (Å²) in [6, 6.07) is 11.2. The van der Waals surface area contributed by atoms with E-state index in [1.807, 2.05) is 32.0 Å². The van der Waals surface area contributed by atoms with Crippen LogP contribution in [0, 0.1) is 25.2 Å². The van der Waals surface area contributed by atoms with Gasteiger partial charge in [0.1, 0.15) is 12.4 Å². The van der Waals surface area contributed by atoms with Crippen molar-refractivity contribution >= 4 is 22.2 Å². The Morgan fingerprint density at radius 3 is 2.62 bits per heavy atom. The largest absolute Gasteiger partial charge is 0.488 e. The molecule has 2 aromatic rings. The van der Waals surface area contributed by atoms with Gasteiger partial charge in [0.2, 0.25) is 0 Å². The number of nitriles is 1. The number of nitrogens with zero attached hydrogens (tertiary/aromatic N) is 1. The Bertz CT molecular complexity index is 732. The highest BCUT2D eigenvalue weighted by molar-refractivity contribution is 9.10. The van der Waals surface area contributed by atoms with Gasteiger partial charge in [-0.15, -0.1) is 0 Å². The molecule has 0 aliphatic rings. The van der Waals surface area contributed by atoms with Crippen LogP contribution in [0.15, 0.2) is 34.8 Å². The molecule has 106 valence electrons. The zero-order valence-corrected chi connectivity index (χ0v) is 13.4. The van der Waals surface area contributed by atoms with Gasteiger partial charge in [0.25, 0.3) is 0 Å². The predicted octanol–water partition coefficient (Wildman–Crippen LogP) is 4.33. The molecule has 0 radical (unpaired) electrons. The van der Waals surface area contributed by atoms with Gasteiger partial charge in [-0.3, -0.25) is 4.79 Å². The summed E-state index contributed by atoms with van der Waals surface area (Å²) >= 11 is 3.37. The third kappa shape index (κ3) is 3.50. The van der Waals surface area contributed by atoms with Crippen LogP contribution in [0.2, 0.25) is 0 Å². The van der Waals surface area contributed by atoms with E-state index < -0.39 is 0 Å². The summed E-state index contributed by atoms with van der Waals surface area (Å²) in [5.41, 5.74) is 4.04. The molecule has 0 amide bonds. The van der Waals surface area contributed by atoms with Crippen LogP contribution in [-0.4, -0.2) is 6.29 Å². The summed E-state index contributed by atoms with van der Waals surface area (Å²) < 4.78 is 6.67. The highest BCUT2D eigenvalue weighted by Gasteiger charge is 2.09. The van der Waals surface area contributed by atoms with Crippen LogP contribution in [0.4, 0.5) is 0 Å². The van der Waals surface area contributed by atoms with E-state index in [4.69, 9.17) is 10.00 Å². The second-order valence-corrected chi connectivity index (χ2v) is 5.72. The second-order valence-electron chi connectivity index (χ2n) is 4.80. The van der Waals surface area contributed by atoms with Gasteiger partial charge in [0.05, 0.1) is 17.2 Å². The molecule has 0 aromatic heterocycles. The fourth-order valence-corrected chi connectivity index (χ4v) is 2.71. The number of benzene rings is 2. The summed E-state index contributed by atoms with van der Waals surface area (Å²) in [6.07, 6.45) is 0.790. The van der Waals surface area contributed by atoms with Gasteiger partial charge < -0.3 is 4.74 Å². The van der Waals surface area contributed by atoms with Gasteiger partial charge in [-0.2, -0.15) is 5.26 Å². The highest BCUT2D eigenvalue weighted by atomic mass is 79.9. The van der Waals surface area contributed by atoms with Crippen molar-refractivity contribution in [2.75, 3.05) is 0 Å². The number of hydrogen-bond donors (Lipinski definition) is 0. The van der Waals surface area contributed by atoms with Crippen LogP contribution < -0.4 is 4.74 Å². The third-order valence-electron chi connectivity index (χ3n) is 3.24.